The van der Waals surface area contributed by atoms with Gasteiger partial charge in [0, 0.05) is 13.5 Å². The zero-order valence-corrected chi connectivity index (χ0v) is 13.4. The van der Waals surface area contributed by atoms with Crippen LogP contribution in [0.2, 0.25) is 0 Å². The van der Waals surface area contributed by atoms with E-state index in [0.29, 0.717) is 29.6 Å². The summed E-state index contributed by atoms with van der Waals surface area (Å²) in [6.07, 6.45) is 0.918. The van der Waals surface area contributed by atoms with E-state index in [4.69, 9.17) is 0 Å². The van der Waals surface area contributed by atoms with Crippen molar-refractivity contribution in [3.8, 4) is 0 Å². The minimum absolute atomic E-state index is 0.0955. The Morgan fingerprint density at radius 3 is 2.83 bits per heavy atom. The van der Waals surface area contributed by atoms with Crippen molar-refractivity contribution < 1.29 is 4.79 Å². The van der Waals surface area contributed by atoms with Crippen LogP contribution < -0.4 is 5.56 Å². The van der Waals surface area contributed by atoms with Crippen molar-refractivity contribution in [1.82, 2.24) is 19.7 Å². The van der Waals surface area contributed by atoms with Crippen LogP contribution in [0, 0.1) is 13.8 Å². The molecule has 0 saturated carbocycles. The maximum atomic E-state index is 12.4. The van der Waals surface area contributed by atoms with Crippen molar-refractivity contribution >= 4 is 16.8 Å². The number of carbonyl (C=O) groups excluding carboxylic acids is 1. The molecular weight excluding hydrogens is 292 g/mol. The van der Waals surface area contributed by atoms with Crippen LogP contribution in [-0.2, 0) is 13.5 Å². The first-order valence-corrected chi connectivity index (χ1v) is 7.48. The second-order valence-electron chi connectivity index (χ2n) is 5.73. The van der Waals surface area contributed by atoms with E-state index in [2.05, 4.69) is 21.1 Å². The van der Waals surface area contributed by atoms with Gasteiger partial charge in [-0.2, -0.15) is 5.10 Å². The summed E-state index contributed by atoms with van der Waals surface area (Å²) in [4.78, 5) is 31.4. The number of hydrogen-bond acceptors (Lipinski definition) is 4. The topological polar surface area (TPSA) is 80.6 Å². The number of nitrogens with one attached hydrogen (secondary N) is 1. The molecule has 0 saturated heterocycles. The third kappa shape index (κ3) is 2.92. The molecular formula is C17H18N4O2. The quantitative estimate of drug-likeness (QED) is 0.748. The van der Waals surface area contributed by atoms with Gasteiger partial charge in [-0.1, -0.05) is 29.8 Å². The van der Waals surface area contributed by atoms with E-state index in [1.165, 1.54) is 4.68 Å². The Labute approximate surface area is 133 Å². The molecule has 2 aromatic heterocycles. The zero-order valence-electron chi connectivity index (χ0n) is 13.4. The predicted molar refractivity (Wildman–Crippen MR) is 87.7 cm³/mol. The fraction of sp³-hybridized carbons (Fsp3) is 0.294. The van der Waals surface area contributed by atoms with Gasteiger partial charge in [0.15, 0.2) is 17.3 Å². The molecule has 0 radical (unpaired) electrons. The number of aryl methyl sites for hydroxylation is 4. The number of ketones is 1. The Kier molecular flexibility index (Phi) is 3.82. The van der Waals surface area contributed by atoms with Gasteiger partial charge < -0.3 is 4.98 Å². The van der Waals surface area contributed by atoms with Crippen LogP contribution in [-0.4, -0.2) is 25.5 Å². The number of Topliss-reactive ketones (excluding diaryl/α,β-unsaturated/α-hetero) is 1. The third-order valence-electron chi connectivity index (χ3n) is 3.86. The number of H-pyrrole nitrogens is 1. The molecule has 0 atom stereocenters. The van der Waals surface area contributed by atoms with Crippen LogP contribution >= 0.6 is 0 Å². The lowest BCUT2D eigenvalue weighted by Gasteiger charge is -2.03. The first-order valence-electron chi connectivity index (χ1n) is 7.48. The molecule has 0 unspecified atom stereocenters. The molecule has 6 heteroatoms. The van der Waals surface area contributed by atoms with Crippen LogP contribution in [0.5, 0.6) is 0 Å². The van der Waals surface area contributed by atoms with Gasteiger partial charge in [0.05, 0.1) is 5.69 Å². The Morgan fingerprint density at radius 2 is 2.09 bits per heavy atom. The predicted octanol–water partition coefficient (Wildman–Crippen LogP) is 2.09. The summed E-state index contributed by atoms with van der Waals surface area (Å²) < 4.78 is 1.53. The number of aromatic amines is 1. The number of aromatic nitrogens is 4. The van der Waals surface area contributed by atoms with Crippen LogP contribution in [0.1, 0.15) is 33.9 Å². The normalized spacial score (nSPS) is 11.1. The molecule has 1 N–H and O–H groups in total. The molecule has 0 bridgehead atoms. The summed E-state index contributed by atoms with van der Waals surface area (Å²) in [5, 5.41) is 4.61. The first-order chi connectivity index (χ1) is 11.0. The Bertz CT molecular complexity index is 953. The average molecular weight is 310 g/mol. The number of hydrogen-bond donors (Lipinski definition) is 1. The second-order valence-corrected chi connectivity index (χ2v) is 5.73. The van der Waals surface area contributed by atoms with Gasteiger partial charge in [-0.05, 0) is 25.8 Å². The lowest BCUT2D eigenvalue weighted by molar-refractivity contribution is 0.0973. The largest absolute Gasteiger partial charge is 0.303 e. The van der Waals surface area contributed by atoms with E-state index in [-0.39, 0.29) is 17.2 Å². The number of fused-ring (bicyclic) bond motifs is 1. The van der Waals surface area contributed by atoms with Crippen molar-refractivity contribution in [2.75, 3.05) is 0 Å². The maximum absolute atomic E-state index is 12.4. The molecule has 3 rings (SSSR count). The molecule has 2 heterocycles. The van der Waals surface area contributed by atoms with E-state index in [9.17, 15) is 9.59 Å². The molecule has 0 aliphatic rings. The van der Waals surface area contributed by atoms with Crippen molar-refractivity contribution in [3.63, 3.8) is 0 Å². The Morgan fingerprint density at radius 1 is 1.30 bits per heavy atom. The molecule has 0 aliphatic heterocycles. The van der Waals surface area contributed by atoms with E-state index < -0.39 is 0 Å². The highest BCUT2D eigenvalue weighted by Crippen LogP contribution is 2.12. The number of benzene rings is 1. The summed E-state index contributed by atoms with van der Waals surface area (Å²) in [5.74, 6) is -0.0810. The third-order valence-corrected chi connectivity index (χ3v) is 3.86. The van der Waals surface area contributed by atoms with Gasteiger partial charge in [-0.25, -0.2) is 9.67 Å². The number of carbonyl (C=O) groups is 1. The molecule has 1 aromatic carbocycles. The molecule has 0 aliphatic carbocycles. The van der Waals surface area contributed by atoms with Crippen LogP contribution in [0.4, 0.5) is 0 Å². The lowest BCUT2D eigenvalue weighted by atomic mass is 10.1. The summed E-state index contributed by atoms with van der Waals surface area (Å²) in [5.41, 5.74) is 2.98. The number of rotatable bonds is 4. The Balaban J connectivity index is 1.86. The van der Waals surface area contributed by atoms with Gasteiger partial charge >= 0.3 is 0 Å². The summed E-state index contributed by atoms with van der Waals surface area (Å²) in [7, 11) is 1.71. The SMILES string of the molecule is Cc1cccc(CCC(=O)c2nc3c(c(C)nn3C)c(=O)[nH]2)c1. The molecule has 0 fully saturated rings. The monoisotopic (exact) mass is 310 g/mol. The highest BCUT2D eigenvalue weighted by atomic mass is 16.1. The van der Waals surface area contributed by atoms with E-state index in [1.54, 1.807) is 14.0 Å². The molecule has 0 amide bonds. The van der Waals surface area contributed by atoms with Gasteiger partial charge in [-0.3, -0.25) is 9.59 Å². The molecule has 118 valence electrons. The van der Waals surface area contributed by atoms with Gasteiger partial charge in [-0.15, -0.1) is 0 Å². The fourth-order valence-corrected chi connectivity index (χ4v) is 2.72. The summed E-state index contributed by atoms with van der Waals surface area (Å²) >= 11 is 0. The average Bonchev–Trinajstić information content (AvgIpc) is 2.80. The minimum atomic E-state index is -0.320. The van der Waals surface area contributed by atoms with Crippen LogP contribution in [0.25, 0.3) is 11.0 Å². The standard InChI is InChI=1S/C17H18N4O2/c1-10-5-4-6-12(9-10)7-8-13(22)15-18-16-14(17(23)19-15)11(2)20-21(16)3/h4-6,9H,7-8H2,1-3H3,(H,18,19,23). The summed E-state index contributed by atoms with van der Waals surface area (Å²) in [6.45, 7) is 3.77. The molecule has 6 nitrogen and oxygen atoms in total. The van der Waals surface area contributed by atoms with Crippen molar-refractivity contribution in [3.05, 3.63) is 57.3 Å². The van der Waals surface area contributed by atoms with Crippen LogP contribution in [0.15, 0.2) is 29.1 Å². The van der Waals surface area contributed by atoms with E-state index in [0.717, 1.165) is 11.1 Å². The van der Waals surface area contributed by atoms with Gasteiger partial charge in [0.2, 0.25) is 0 Å². The molecule has 3 aromatic rings. The smallest absolute Gasteiger partial charge is 0.262 e. The Hall–Kier alpha value is -2.76. The van der Waals surface area contributed by atoms with Crippen molar-refractivity contribution in [2.45, 2.75) is 26.7 Å². The first kappa shape index (κ1) is 15.1. The summed E-state index contributed by atoms with van der Waals surface area (Å²) in [6, 6.07) is 8.03. The highest BCUT2D eigenvalue weighted by molar-refractivity contribution is 5.94. The van der Waals surface area contributed by atoms with E-state index in [1.807, 2.05) is 25.1 Å². The van der Waals surface area contributed by atoms with Crippen molar-refractivity contribution in [1.29, 1.82) is 0 Å². The minimum Gasteiger partial charge on any atom is -0.303 e. The fourth-order valence-electron chi connectivity index (χ4n) is 2.72. The van der Waals surface area contributed by atoms with E-state index >= 15 is 0 Å². The molecule has 0 spiro atoms. The lowest BCUT2D eigenvalue weighted by Crippen LogP contribution is -2.17. The van der Waals surface area contributed by atoms with Gasteiger partial charge in [0.25, 0.3) is 5.56 Å². The molecule has 23 heavy (non-hydrogen) atoms. The van der Waals surface area contributed by atoms with Gasteiger partial charge in [0.1, 0.15) is 5.39 Å². The van der Waals surface area contributed by atoms with Crippen LogP contribution in [0.3, 0.4) is 0 Å². The zero-order chi connectivity index (χ0) is 16.6. The number of nitrogens with zero attached hydrogens (tertiary/aromatic N) is 3. The second kappa shape index (κ2) is 5.79. The highest BCUT2D eigenvalue weighted by Gasteiger charge is 2.16. The van der Waals surface area contributed by atoms with Crippen molar-refractivity contribution in [2.24, 2.45) is 7.05 Å². The maximum Gasteiger partial charge on any atom is 0.262 e.